The average Bonchev–Trinajstić information content (AvgIpc) is 2.87. The van der Waals surface area contributed by atoms with E-state index < -0.39 is 9.75 Å². The van der Waals surface area contributed by atoms with E-state index in [-0.39, 0.29) is 5.91 Å². The lowest BCUT2D eigenvalue weighted by atomic mass is 10.1. The summed E-state index contributed by atoms with van der Waals surface area (Å²) in [6.45, 7) is 2.43. The molecule has 1 saturated carbocycles. The molecule has 0 aliphatic heterocycles. The van der Waals surface area contributed by atoms with Crippen molar-refractivity contribution >= 4 is 29.1 Å². The van der Waals surface area contributed by atoms with Crippen LogP contribution < -0.4 is 0 Å². The molecule has 1 aromatic heterocycles. The van der Waals surface area contributed by atoms with Gasteiger partial charge in [0, 0.05) is 31.9 Å². The molecule has 1 heterocycles. The molecular formula is C13H16Cl2N2O. The lowest BCUT2D eigenvalue weighted by Gasteiger charge is -2.22. The molecule has 1 aliphatic rings. The van der Waals surface area contributed by atoms with Gasteiger partial charge in [-0.1, -0.05) is 6.07 Å². The molecule has 0 saturated heterocycles. The molecule has 98 valence electrons. The molecule has 1 amide bonds. The zero-order valence-corrected chi connectivity index (χ0v) is 12.0. The molecule has 1 aromatic rings. The number of rotatable bonds is 4. The second-order valence-corrected chi connectivity index (χ2v) is 6.50. The van der Waals surface area contributed by atoms with E-state index in [1.165, 1.54) is 0 Å². The van der Waals surface area contributed by atoms with Crippen molar-refractivity contribution < 1.29 is 4.79 Å². The van der Waals surface area contributed by atoms with Crippen LogP contribution in [-0.4, -0.2) is 33.7 Å². The summed E-state index contributed by atoms with van der Waals surface area (Å²) in [5.41, 5.74) is 0.343. The number of carbonyl (C=O) groups is 1. The third-order valence-electron chi connectivity index (χ3n) is 3.51. The van der Waals surface area contributed by atoms with E-state index in [4.69, 9.17) is 23.2 Å². The zero-order chi connectivity index (χ0) is 13.4. The van der Waals surface area contributed by atoms with E-state index >= 15 is 0 Å². The van der Waals surface area contributed by atoms with E-state index in [9.17, 15) is 4.79 Å². The molecule has 18 heavy (non-hydrogen) atoms. The lowest BCUT2D eigenvalue weighted by molar-refractivity contribution is -0.135. The Hall–Kier alpha value is -0.800. The van der Waals surface area contributed by atoms with Crippen LogP contribution in [0.3, 0.4) is 0 Å². The van der Waals surface area contributed by atoms with E-state index in [1.54, 1.807) is 18.1 Å². The third kappa shape index (κ3) is 2.47. The molecule has 0 bridgehead atoms. The third-order valence-corrected chi connectivity index (χ3v) is 4.61. The molecule has 0 N–H and O–H groups in total. The number of aromatic nitrogens is 1. The van der Waals surface area contributed by atoms with Gasteiger partial charge in [-0.25, -0.2) is 0 Å². The van der Waals surface area contributed by atoms with Gasteiger partial charge >= 0.3 is 0 Å². The summed E-state index contributed by atoms with van der Waals surface area (Å²) in [5.74, 6) is 0.00318. The second kappa shape index (κ2) is 4.71. The predicted octanol–water partition coefficient (Wildman–Crippen LogP) is 2.67. The summed E-state index contributed by atoms with van der Waals surface area (Å²) in [5, 5.41) is 0. The van der Waals surface area contributed by atoms with Crippen molar-refractivity contribution in [2.75, 3.05) is 13.6 Å². The first-order valence-corrected chi connectivity index (χ1v) is 6.66. The summed E-state index contributed by atoms with van der Waals surface area (Å²) in [7, 11) is 1.78. The van der Waals surface area contributed by atoms with Crippen LogP contribution in [-0.2, 0) is 11.2 Å². The van der Waals surface area contributed by atoms with Crippen LogP contribution in [0.15, 0.2) is 24.4 Å². The maximum atomic E-state index is 12.2. The minimum atomic E-state index is -0.899. The van der Waals surface area contributed by atoms with Gasteiger partial charge in [0.25, 0.3) is 0 Å². The Morgan fingerprint density at radius 3 is 2.67 bits per heavy atom. The average molecular weight is 287 g/mol. The van der Waals surface area contributed by atoms with Gasteiger partial charge in [0.2, 0.25) is 5.91 Å². The molecule has 5 heteroatoms. The Morgan fingerprint density at radius 2 is 2.17 bits per heavy atom. The van der Waals surface area contributed by atoms with Gasteiger partial charge in [0.05, 0.1) is 5.41 Å². The van der Waals surface area contributed by atoms with Crippen LogP contribution in [0, 0.1) is 5.41 Å². The SMILES string of the molecule is CN(CCc1ccccn1)C(=O)C1(C)CC1(Cl)Cl. The van der Waals surface area contributed by atoms with Gasteiger partial charge in [-0.05, 0) is 25.5 Å². The smallest absolute Gasteiger partial charge is 0.231 e. The standard InChI is InChI=1S/C13H16Cl2N2O/c1-12(9-13(12,14)15)11(18)17(2)8-6-10-5-3-4-7-16-10/h3-5,7H,6,8-9H2,1-2H3. The second-order valence-electron chi connectivity index (χ2n) is 5.01. The van der Waals surface area contributed by atoms with Crippen molar-refractivity contribution in [3.05, 3.63) is 30.1 Å². The first-order chi connectivity index (χ1) is 8.37. The largest absolute Gasteiger partial charge is 0.345 e. The van der Waals surface area contributed by atoms with E-state index in [2.05, 4.69) is 4.98 Å². The van der Waals surface area contributed by atoms with Crippen molar-refractivity contribution in [1.29, 1.82) is 0 Å². The molecule has 0 spiro atoms. The highest BCUT2D eigenvalue weighted by Crippen LogP contribution is 2.64. The summed E-state index contributed by atoms with van der Waals surface area (Å²) < 4.78 is -0.899. The highest BCUT2D eigenvalue weighted by molar-refractivity contribution is 6.53. The number of likely N-dealkylation sites (N-methyl/N-ethyl adjacent to an activating group) is 1. The van der Waals surface area contributed by atoms with Gasteiger partial charge < -0.3 is 4.90 Å². The quantitative estimate of drug-likeness (QED) is 0.798. The number of carbonyl (C=O) groups excluding carboxylic acids is 1. The highest BCUT2D eigenvalue weighted by atomic mass is 35.5. The molecule has 2 rings (SSSR count). The minimum absolute atomic E-state index is 0.00318. The van der Waals surface area contributed by atoms with E-state index in [0.29, 0.717) is 13.0 Å². The molecule has 0 aromatic carbocycles. The maximum absolute atomic E-state index is 12.2. The Balaban J connectivity index is 1.90. The van der Waals surface area contributed by atoms with Crippen molar-refractivity contribution in [2.45, 2.75) is 24.1 Å². The number of nitrogens with zero attached hydrogens (tertiary/aromatic N) is 2. The molecule has 1 unspecified atom stereocenters. The van der Waals surface area contributed by atoms with Crippen LogP contribution in [0.25, 0.3) is 0 Å². The Kier molecular flexibility index (Phi) is 3.56. The minimum Gasteiger partial charge on any atom is -0.345 e. The van der Waals surface area contributed by atoms with Crippen molar-refractivity contribution in [1.82, 2.24) is 9.88 Å². The fourth-order valence-electron chi connectivity index (χ4n) is 1.98. The number of pyridine rings is 1. The van der Waals surface area contributed by atoms with Crippen LogP contribution in [0.2, 0.25) is 0 Å². The number of halogens is 2. The molecule has 0 radical (unpaired) electrons. The van der Waals surface area contributed by atoms with Crippen LogP contribution in [0.5, 0.6) is 0 Å². The molecule has 3 nitrogen and oxygen atoms in total. The van der Waals surface area contributed by atoms with Crippen LogP contribution >= 0.6 is 23.2 Å². The van der Waals surface area contributed by atoms with Crippen LogP contribution in [0.1, 0.15) is 19.0 Å². The predicted molar refractivity (Wildman–Crippen MR) is 72.7 cm³/mol. The highest BCUT2D eigenvalue weighted by Gasteiger charge is 2.68. The van der Waals surface area contributed by atoms with Gasteiger partial charge in [-0.3, -0.25) is 9.78 Å². The normalized spacial score (nSPS) is 24.7. The number of amides is 1. The fourth-order valence-corrected chi connectivity index (χ4v) is 2.68. The molecule has 1 atom stereocenters. The van der Waals surface area contributed by atoms with E-state index in [1.807, 2.05) is 25.1 Å². The van der Waals surface area contributed by atoms with Crippen molar-refractivity contribution in [2.24, 2.45) is 5.41 Å². The van der Waals surface area contributed by atoms with E-state index in [0.717, 1.165) is 12.1 Å². The first kappa shape index (κ1) is 13.6. The number of hydrogen-bond donors (Lipinski definition) is 0. The Bertz CT molecular complexity index is 450. The summed E-state index contributed by atoms with van der Waals surface area (Å²) in [4.78, 5) is 18.1. The zero-order valence-electron chi connectivity index (χ0n) is 10.5. The summed E-state index contributed by atoms with van der Waals surface area (Å²) in [6.07, 6.45) is 3.01. The molecule has 1 aliphatic carbocycles. The Morgan fingerprint density at radius 1 is 1.50 bits per heavy atom. The lowest BCUT2D eigenvalue weighted by Crippen LogP contribution is -2.36. The first-order valence-electron chi connectivity index (χ1n) is 5.90. The monoisotopic (exact) mass is 286 g/mol. The summed E-state index contributed by atoms with van der Waals surface area (Å²) in [6, 6.07) is 5.76. The molecule has 1 fully saturated rings. The van der Waals surface area contributed by atoms with Gasteiger partial charge in [-0.15, -0.1) is 23.2 Å². The van der Waals surface area contributed by atoms with Crippen LogP contribution in [0.4, 0.5) is 0 Å². The van der Waals surface area contributed by atoms with Gasteiger partial charge in [-0.2, -0.15) is 0 Å². The maximum Gasteiger partial charge on any atom is 0.231 e. The Labute approximate surface area is 117 Å². The van der Waals surface area contributed by atoms with Gasteiger partial charge in [0.1, 0.15) is 4.33 Å². The number of alkyl halides is 2. The summed E-state index contributed by atoms with van der Waals surface area (Å²) >= 11 is 12.0. The van der Waals surface area contributed by atoms with Crippen molar-refractivity contribution in [3.8, 4) is 0 Å². The fraction of sp³-hybridized carbons (Fsp3) is 0.538. The molecular weight excluding hydrogens is 271 g/mol. The number of hydrogen-bond acceptors (Lipinski definition) is 2. The van der Waals surface area contributed by atoms with Crippen molar-refractivity contribution in [3.63, 3.8) is 0 Å². The van der Waals surface area contributed by atoms with Gasteiger partial charge in [0.15, 0.2) is 0 Å². The topological polar surface area (TPSA) is 33.2 Å².